The predicted molar refractivity (Wildman–Crippen MR) is 169 cm³/mol. The number of ether oxygens (including phenoxy) is 1. The number of benzene rings is 2. The number of amides is 2. The summed E-state index contributed by atoms with van der Waals surface area (Å²) in [6.07, 6.45) is 5.34. The minimum atomic E-state index is -0.642. The van der Waals surface area contributed by atoms with Crippen molar-refractivity contribution in [1.82, 2.24) is 25.1 Å². The average Bonchev–Trinajstić information content (AvgIpc) is 3.72. The number of piperazine rings is 1. The molecule has 4 aromatic rings. The Kier molecular flexibility index (Phi) is 8.48. The molecule has 1 aliphatic carbocycles. The molecular formula is C35H39N5O4. The average molecular weight is 594 g/mol. The molecule has 0 unspecified atom stereocenters. The van der Waals surface area contributed by atoms with Crippen molar-refractivity contribution in [2.75, 3.05) is 20.2 Å². The van der Waals surface area contributed by atoms with E-state index in [1.807, 2.05) is 17.0 Å². The Bertz CT molecular complexity index is 1610. The highest BCUT2D eigenvalue weighted by Gasteiger charge is 2.38. The number of aromatic amines is 1. The molecule has 2 fully saturated rings. The van der Waals surface area contributed by atoms with Crippen LogP contribution in [0.15, 0.2) is 72.9 Å². The highest BCUT2D eigenvalue weighted by Crippen LogP contribution is 2.34. The summed E-state index contributed by atoms with van der Waals surface area (Å²) < 4.78 is 5.56. The third-order valence-corrected chi connectivity index (χ3v) is 9.05. The van der Waals surface area contributed by atoms with Crippen LogP contribution < -0.4 is 10.1 Å². The summed E-state index contributed by atoms with van der Waals surface area (Å²) in [5, 5.41) is 3.29. The first-order chi connectivity index (χ1) is 21.4. The Morgan fingerprint density at radius 1 is 0.909 bits per heavy atom. The summed E-state index contributed by atoms with van der Waals surface area (Å²) in [6.45, 7) is 5.37. The molecule has 2 aromatic heterocycles. The van der Waals surface area contributed by atoms with Gasteiger partial charge in [-0.1, -0.05) is 73.5 Å². The van der Waals surface area contributed by atoms with Crippen LogP contribution >= 0.6 is 0 Å². The van der Waals surface area contributed by atoms with Gasteiger partial charge in [0.05, 0.1) is 18.7 Å². The summed E-state index contributed by atoms with van der Waals surface area (Å²) in [4.78, 5) is 52.0. The van der Waals surface area contributed by atoms with Crippen molar-refractivity contribution in [1.29, 1.82) is 0 Å². The quantitative estimate of drug-likeness (QED) is 0.217. The fourth-order valence-electron chi connectivity index (χ4n) is 6.77. The lowest BCUT2D eigenvalue weighted by atomic mass is 9.93. The van der Waals surface area contributed by atoms with Crippen molar-refractivity contribution in [2.45, 2.75) is 63.7 Å². The van der Waals surface area contributed by atoms with Gasteiger partial charge in [0.2, 0.25) is 5.88 Å². The minimum absolute atomic E-state index is 0.0255. The predicted octanol–water partition coefficient (Wildman–Crippen LogP) is 5.14. The molecule has 0 radical (unpaired) electrons. The van der Waals surface area contributed by atoms with Gasteiger partial charge in [0, 0.05) is 42.8 Å². The first-order valence-corrected chi connectivity index (χ1v) is 15.4. The van der Waals surface area contributed by atoms with Gasteiger partial charge >= 0.3 is 0 Å². The van der Waals surface area contributed by atoms with Gasteiger partial charge in [-0.15, -0.1) is 0 Å². The van der Waals surface area contributed by atoms with Gasteiger partial charge in [0.25, 0.3) is 17.6 Å². The van der Waals surface area contributed by atoms with E-state index in [4.69, 9.17) is 4.74 Å². The second-order valence-electron chi connectivity index (χ2n) is 12.0. The topological polar surface area (TPSA) is 108 Å². The number of fused-ring (bicyclic) bond motifs is 1. The molecule has 2 N–H and O–H groups in total. The Balaban J connectivity index is 1.27. The third kappa shape index (κ3) is 5.71. The molecule has 0 bridgehead atoms. The first kappa shape index (κ1) is 29.6. The number of H-pyrrole nitrogens is 1. The highest BCUT2D eigenvalue weighted by molar-refractivity contribution is 6.45. The summed E-state index contributed by atoms with van der Waals surface area (Å²) >= 11 is 0. The van der Waals surface area contributed by atoms with Crippen LogP contribution in [0.5, 0.6) is 5.88 Å². The Morgan fingerprint density at radius 2 is 1.55 bits per heavy atom. The summed E-state index contributed by atoms with van der Waals surface area (Å²) in [5.74, 6) is -1.32. The molecule has 2 amide bonds. The SMILES string of the molecule is COc1nc2[nH]cc(C(=O)C(=O)NC3CCCC3)c2cc1C(=O)N1C[C@H](C)N(C(c2ccccc2)c2ccccc2)C[C@H]1C. The lowest BCUT2D eigenvalue weighted by Gasteiger charge is -2.47. The van der Waals surface area contributed by atoms with Gasteiger partial charge in [-0.2, -0.15) is 4.98 Å². The van der Waals surface area contributed by atoms with Crippen LogP contribution in [0.3, 0.4) is 0 Å². The van der Waals surface area contributed by atoms with E-state index in [1.54, 1.807) is 6.07 Å². The van der Waals surface area contributed by atoms with Crippen molar-refractivity contribution < 1.29 is 19.1 Å². The van der Waals surface area contributed by atoms with Crippen molar-refractivity contribution in [3.8, 4) is 5.88 Å². The number of Topliss-reactive ketones (excluding diaryl/α,β-unsaturated/α-hetero) is 1. The number of rotatable bonds is 8. The lowest BCUT2D eigenvalue weighted by Crippen LogP contribution is -2.58. The molecule has 3 heterocycles. The van der Waals surface area contributed by atoms with E-state index in [0.717, 1.165) is 25.7 Å². The van der Waals surface area contributed by atoms with E-state index in [1.165, 1.54) is 24.4 Å². The number of hydrogen-bond acceptors (Lipinski definition) is 6. The molecule has 1 aliphatic heterocycles. The molecule has 0 spiro atoms. The molecule has 228 valence electrons. The van der Waals surface area contributed by atoms with Gasteiger partial charge < -0.3 is 19.9 Å². The van der Waals surface area contributed by atoms with Crippen LogP contribution in [-0.2, 0) is 4.79 Å². The van der Waals surface area contributed by atoms with Crippen molar-refractivity contribution in [3.05, 3.63) is 95.2 Å². The summed E-state index contributed by atoms with van der Waals surface area (Å²) in [6, 6.07) is 22.6. The molecule has 1 saturated heterocycles. The zero-order valence-electron chi connectivity index (χ0n) is 25.5. The molecule has 44 heavy (non-hydrogen) atoms. The third-order valence-electron chi connectivity index (χ3n) is 9.05. The summed E-state index contributed by atoms with van der Waals surface area (Å²) in [5.41, 5.74) is 3.25. The van der Waals surface area contributed by atoms with Crippen LogP contribution in [0.4, 0.5) is 0 Å². The van der Waals surface area contributed by atoms with Crippen molar-refractivity contribution >= 4 is 28.6 Å². The van der Waals surface area contributed by atoms with E-state index in [2.05, 4.69) is 82.6 Å². The standard InChI is InChI=1S/C35H39N5O4/c1-22-21-40(23(2)20-39(22)30(24-12-6-4-7-13-24)25-14-8-5-9-15-25)35(43)28-18-27-29(19-36-32(27)38-34(28)44-3)31(41)33(42)37-26-16-10-11-17-26/h4-9,12-15,18-19,22-23,26,30H,10-11,16-17,20-21H2,1-3H3,(H,36,38)(H,37,42)/t22-,23+/m0/s1. The number of aromatic nitrogens is 2. The maximum Gasteiger partial charge on any atom is 0.292 e. The number of hydrogen-bond donors (Lipinski definition) is 2. The number of carbonyl (C=O) groups excluding carboxylic acids is 3. The van der Waals surface area contributed by atoms with Crippen LogP contribution in [0.2, 0.25) is 0 Å². The molecule has 2 atom stereocenters. The Morgan fingerprint density at radius 3 is 2.16 bits per heavy atom. The fraction of sp³-hybridized carbons (Fsp3) is 0.371. The number of carbonyl (C=O) groups is 3. The van der Waals surface area contributed by atoms with Crippen LogP contribution in [-0.4, -0.2) is 75.7 Å². The van der Waals surface area contributed by atoms with Gasteiger partial charge in [-0.05, 0) is 43.9 Å². The van der Waals surface area contributed by atoms with Crippen LogP contribution in [0, 0.1) is 0 Å². The number of methoxy groups -OCH3 is 1. The minimum Gasteiger partial charge on any atom is -0.480 e. The van der Waals surface area contributed by atoms with Crippen LogP contribution in [0.25, 0.3) is 11.0 Å². The zero-order valence-corrected chi connectivity index (χ0v) is 25.5. The molecular weight excluding hydrogens is 554 g/mol. The zero-order chi connectivity index (χ0) is 30.8. The van der Waals surface area contributed by atoms with Crippen LogP contribution in [0.1, 0.15) is 77.4 Å². The fourth-order valence-corrected chi connectivity index (χ4v) is 6.77. The van der Waals surface area contributed by atoms with Gasteiger partial charge in [-0.3, -0.25) is 19.3 Å². The Hall–Kier alpha value is -4.50. The Labute approximate surface area is 257 Å². The van der Waals surface area contributed by atoms with E-state index in [0.29, 0.717) is 24.1 Å². The molecule has 2 aliphatic rings. The highest BCUT2D eigenvalue weighted by atomic mass is 16.5. The number of nitrogens with zero attached hydrogens (tertiary/aromatic N) is 3. The lowest BCUT2D eigenvalue weighted by molar-refractivity contribution is -0.117. The largest absolute Gasteiger partial charge is 0.480 e. The number of pyridine rings is 1. The molecule has 6 rings (SSSR count). The monoisotopic (exact) mass is 593 g/mol. The van der Waals surface area contributed by atoms with E-state index >= 15 is 0 Å². The van der Waals surface area contributed by atoms with Gasteiger partial charge in [-0.25, -0.2) is 0 Å². The van der Waals surface area contributed by atoms with Crippen molar-refractivity contribution in [3.63, 3.8) is 0 Å². The molecule has 2 aromatic carbocycles. The summed E-state index contributed by atoms with van der Waals surface area (Å²) in [7, 11) is 1.48. The second kappa shape index (κ2) is 12.6. The number of nitrogens with one attached hydrogen (secondary N) is 2. The molecule has 9 nitrogen and oxygen atoms in total. The molecule has 1 saturated carbocycles. The smallest absolute Gasteiger partial charge is 0.292 e. The normalized spacial score (nSPS) is 19.4. The molecule has 9 heteroatoms. The maximum atomic E-state index is 14.2. The van der Waals surface area contributed by atoms with E-state index < -0.39 is 11.7 Å². The van der Waals surface area contributed by atoms with Gasteiger partial charge in [0.15, 0.2) is 0 Å². The van der Waals surface area contributed by atoms with Gasteiger partial charge in [0.1, 0.15) is 11.2 Å². The van der Waals surface area contributed by atoms with E-state index in [-0.39, 0.29) is 47.1 Å². The van der Waals surface area contributed by atoms with E-state index in [9.17, 15) is 14.4 Å². The first-order valence-electron chi connectivity index (χ1n) is 15.4. The van der Waals surface area contributed by atoms with Crippen molar-refractivity contribution in [2.24, 2.45) is 0 Å². The number of ketones is 1. The second-order valence-corrected chi connectivity index (χ2v) is 12.0. The maximum absolute atomic E-state index is 14.2.